The Hall–Kier alpha value is -2.18. The number of hydrogen-bond acceptors (Lipinski definition) is 3. The number of nitrogens with one attached hydrogen (secondary N) is 2. The number of carbonyl (C=O) groups excluding carboxylic acids is 1. The van der Waals surface area contributed by atoms with Crippen molar-refractivity contribution in [1.82, 2.24) is 4.72 Å². The predicted octanol–water partition coefficient (Wildman–Crippen LogP) is 4.38. The molecule has 6 heteroatoms. The molecule has 0 saturated carbocycles. The summed E-state index contributed by atoms with van der Waals surface area (Å²) in [4.78, 5) is 12.7. The van der Waals surface area contributed by atoms with Gasteiger partial charge in [0.15, 0.2) is 0 Å². The molecule has 152 valence electrons. The van der Waals surface area contributed by atoms with Crippen LogP contribution in [0.1, 0.15) is 56.7 Å². The predicted molar refractivity (Wildman–Crippen MR) is 114 cm³/mol. The molecule has 2 aromatic rings. The summed E-state index contributed by atoms with van der Waals surface area (Å²) in [5.74, 6) is 0.276. The summed E-state index contributed by atoms with van der Waals surface area (Å²) in [5, 5.41) is 3.04. The Bertz CT molecular complexity index is 917. The van der Waals surface area contributed by atoms with Gasteiger partial charge in [0.05, 0.1) is 4.90 Å². The Balaban J connectivity index is 2.01. The van der Waals surface area contributed by atoms with Gasteiger partial charge in [-0.2, -0.15) is 0 Å². The number of para-hydroxylation sites is 1. The fourth-order valence-electron chi connectivity index (χ4n) is 3.02. The number of rotatable bonds is 8. The van der Waals surface area contributed by atoms with Crippen LogP contribution in [0.5, 0.6) is 0 Å². The van der Waals surface area contributed by atoms with Crippen molar-refractivity contribution in [3.05, 3.63) is 59.2 Å². The number of carbonyl (C=O) groups is 1. The van der Waals surface area contributed by atoms with Gasteiger partial charge in [0, 0.05) is 18.2 Å². The van der Waals surface area contributed by atoms with E-state index in [9.17, 15) is 13.2 Å². The molecule has 0 aliphatic carbocycles. The molecule has 0 spiro atoms. The van der Waals surface area contributed by atoms with E-state index in [-0.39, 0.29) is 16.8 Å². The second kappa shape index (κ2) is 9.34. The zero-order chi connectivity index (χ0) is 20.9. The van der Waals surface area contributed by atoms with E-state index < -0.39 is 10.0 Å². The maximum absolute atomic E-state index is 12.4. The lowest BCUT2D eigenvalue weighted by atomic mass is 9.98. The van der Waals surface area contributed by atoms with Crippen LogP contribution in [-0.2, 0) is 21.2 Å². The maximum atomic E-state index is 12.4. The minimum atomic E-state index is -3.50. The van der Waals surface area contributed by atoms with Gasteiger partial charge >= 0.3 is 0 Å². The SMILES string of the molecule is Cc1cccc(C(C)C)c1NC(=O)CCc1ccc(S(=O)(=O)NC(C)C)cc1. The second-order valence-electron chi connectivity index (χ2n) is 7.66. The van der Waals surface area contributed by atoms with Crippen LogP contribution in [0.4, 0.5) is 5.69 Å². The van der Waals surface area contributed by atoms with Crippen LogP contribution in [-0.4, -0.2) is 20.4 Å². The number of hydrogen-bond donors (Lipinski definition) is 2. The number of aryl methyl sites for hydroxylation is 2. The Morgan fingerprint density at radius 1 is 1.00 bits per heavy atom. The molecular weight excluding hydrogens is 372 g/mol. The van der Waals surface area contributed by atoms with Crippen molar-refractivity contribution in [2.45, 2.75) is 64.3 Å². The monoisotopic (exact) mass is 402 g/mol. The molecule has 0 atom stereocenters. The minimum absolute atomic E-state index is 0.0469. The van der Waals surface area contributed by atoms with Crippen LogP contribution in [0.3, 0.4) is 0 Å². The average Bonchev–Trinajstić information content (AvgIpc) is 2.60. The topological polar surface area (TPSA) is 75.3 Å². The highest BCUT2D eigenvalue weighted by atomic mass is 32.2. The van der Waals surface area contributed by atoms with Crippen molar-refractivity contribution < 1.29 is 13.2 Å². The molecule has 0 aromatic heterocycles. The summed E-state index contributed by atoms with van der Waals surface area (Å²) >= 11 is 0. The highest BCUT2D eigenvalue weighted by molar-refractivity contribution is 7.89. The van der Waals surface area contributed by atoms with Crippen molar-refractivity contribution in [2.75, 3.05) is 5.32 Å². The molecule has 2 N–H and O–H groups in total. The van der Waals surface area contributed by atoms with Gasteiger partial charge < -0.3 is 5.32 Å². The fourth-order valence-corrected chi connectivity index (χ4v) is 4.27. The smallest absolute Gasteiger partial charge is 0.240 e. The van der Waals surface area contributed by atoms with Crippen LogP contribution < -0.4 is 10.0 Å². The number of sulfonamides is 1. The number of benzene rings is 2. The van der Waals surface area contributed by atoms with Crippen molar-refractivity contribution in [2.24, 2.45) is 0 Å². The Kier molecular flexibility index (Phi) is 7.38. The molecule has 0 bridgehead atoms. The highest BCUT2D eigenvalue weighted by Gasteiger charge is 2.15. The molecule has 0 unspecified atom stereocenters. The lowest BCUT2D eigenvalue weighted by molar-refractivity contribution is -0.116. The lowest BCUT2D eigenvalue weighted by Crippen LogP contribution is -2.30. The summed E-state index contributed by atoms with van der Waals surface area (Å²) in [6.45, 7) is 9.77. The first-order valence-electron chi connectivity index (χ1n) is 9.60. The van der Waals surface area contributed by atoms with E-state index >= 15 is 0 Å². The molecule has 2 rings (SSSR count). The standard InChI is InChI=1S/C22H30N2O3S/c1-15(2)20-8-6-7-17(5)22(20)23-21(25)14-11-18-9-12-19(13-10-18)28(26,27)24-16(3)4/h6-10,12-13,15-16,24H,11,14H2,1-5H3,(H,23,25). The third-order valence-electron chi connectivity index (χ3n) is 4.46. The summed E-state index contributed by atoms with van der Waals surface area (Å²) < 4.78 is 26.9. The number of amides is 1. The third-order valence-corrected chi connectivity index (χ3v) is 6.13. The van der Waals surface area contributed by atoms with Crippen molar-refractivity contribution in [3.63, 3.8) is 0 Å². The van der Waals surface area contributed by atoms with Crippen molar-refractivity contribution in [1.29, 1.82) is 0 Å². The van der Waals surface area contributed by atoms with Gasteiger partial charge in [-0.1, -0.05) is 44.2 Å². The van der Waals surface area contributed by atoms with Gasteiger partial charge in [-0.15, -0.1) is 0 Å². The minimum Gasteiger partial charge on any atom is -0.326 e. The van der Waals surface area contributed by atoms with Gasteiger partial charge in [0.1, 0.15) is 0 Å². The first-order valence-corrected chi connectivity index (χ1v) is 11.1. The molecule has 0 saturated heterocycles. The van der Waals surface area contributed by atoms with E-state index in [2.05, 4.69) is 23.9 Å². The van der Waals surface area contributed by atoms with E-state index in [1.807, 2.05) is 25.1 Å². The van der Waals surface area contributed by atoms with E-state index in [4.69, 9.17) is 0 Å². The van der Waals surface area contributed by atoms with Crippen molar-refractivity contribution in [3.8, 4) is 0 Å². The largest absolute Gasteiger partial charge is 0.326 e. The van der Waals surface area contributed by atoms with E-state index in [1.54, 1.807) is 38.1 Å². The molecule has 28 heavy (non-hydrogen) atoms. The quantitative estimate of drug-likeness (QED) is 0.688. The molecular formula is C22H30N2O3S. The first-order chi connectivity index (χ1) is 13.1. The molecule has 0 fully saturated rings. The summed E-state index contributed by atoms with van der Waals surface area (Å²) in [6.07, 6.45) is 0.884. The summed E-state index contributed by atoms with van der Waals surface area (Å²) in [7, 11) is -3.50. The molecule has 5 nitrogen and oxygen atoms in total. The second-order valence-corrected chi connectivity index (χ2v) is 9.38. The zero-order valence-electron chi connectivity index (χ0n) is 17.2. The molecule has 0 radical (unpaired) electrons. The van der Waals surface area contributed by atoms with Crippen LogP contribution in [0, 0.1) is 6.92 Å². The van der Waals surface area contributed by atoms with E-state index in [0.29, 0.717) is 18.8 Å². The molecule has 1 amide bonds. The van der Waals surface area contributed by atoms with Gasteiger partial charge in [-0.05, 0) is 61.9 Å². The van der Waals surface area contributed by atoms with E-state index in [1.165, 1.54) is 0 Å². The third kappa shape index (κ3) is 5.91. The first kappa shape index (κ1) is 22.1. The lowest BCUT2D eigenvalue weighted by Gasteiger charge is -2.16. The zero-order valence-corrected chi connectivity index (χ0v) is 18.1. The maximum Gasteiger partial charge on any atom is 0.240 e. The van der Waals surface area contributed by atoms with Crippen LogP contribution in [0.25, 0.3) is 0 Å². The Morgan fingerprint density at radius 3 is 2.21 bits per heavy atom. The normalized spacial score (nSPS) is 11.8. The summed E-state index contributed by atoms with van der Waals surface area (Å²) in [5.41, 5.74) is 3.99. The Labute approximate surface area is 168 Å². The summed E-state index contributed by atoms with van der Waals surface area (Å²) in [6, 6.07) is 12.6. The Morgan fingerprint density at radius 2 is 1.64 bits per heavy atom. The van der Waals surface area contributed by atoms with E-state index in [0.717, 1.165) is 22.4 Å². The average molecular weight is 403 g/mol. The van der Waals surface area contributed by atoms with Gasteiger partial charge in [-0.25, -0.2) is 13.1 Å². The molecule has 0 heterocycles. The van der Waals surface area contributed by atoms with Gasteiger partial charge in [-0.3, -0.25) is 4.79 Å². The van der Waals surface area contributed by atoms with Crippen LogP contribution >= 0.6 is 0 Å². The van der Waals surface area contributed by atoms with Crippen LogP contribution in [0.15, 0.2) is 47.4 Å². The fraction of sp³-hybridized carbons (Fsp3) is 0.409. The van der Waals surface area contributed by atoms with Crippen LogP contribution in [0.2, 0.25) is 0 Å². The number of anilines is 1. The van der Waals surface area contributed by atoms with Gasteiger partial charge in [0.25, 0.3) is 0 Å². The van der Waals surface area contributed by atoms with Gasteiger partial charge in [0.2, 0.25) is 15.9 Å². The molecule has 0 aliphatic rings. The highest BCUT2D eigenvalue weighted by Crippen LogP contribution is 2.27. The molecule has 0 aliphatic heterocycles. The van der Waals surface area contributed by atoms with Crippen molar-refractivity contribution >= 4 is 21.6 Å². The molecule has 2 aromatic carbocycles.